The van der Waals surface area contributed by atoms with Crippen molar-refractivity contribution in [2.24, 2.45) is 0 Å². The fourth-order valence-electron chi connectivity index (χ4n) is 11.3. The molecule has 0 spiro atoms. The maximum atomic E-state index is 5.55. The van der Waals surface area contributed by atoms with E-state index >= 15 is 0 Å². The molecule has 4 heteroatoms. The zero-order valence-electron chi connectivity index (χ0n) is 40.1. The molecular formula is C70H43N3S. The molecule has 15 rings (SSSR count). The van der Waals surface area contributed by atoms with Crippen molar-refractivity contribution in [1.29, 1.82) is 0 Å². The van der Waals surface area contributed by atoms with Crippen molar-refractivity contribution in [2.45, 2.75) is 0 Å². The van der Waals surface area contributed by atoms with E-state index in [9.17, 15) is 0 Å². The molecule has 0 saturated carbocycles. The van der Waals surface area contributed by atoms with Crippen LogP contribution in [0.15, 0.2) is 261 Å². The highest BCUT2D eigenvalue weighted by Crippen LogP contribution is 2.44. The van der Waals surface area contributed by atoms with Gasteiger partial charge >= 0.3 is 0 Å². The van der Waals surface area contributed by atoms with Crippen LogP contribution in [-0.4, -0.2) is 14.5 Å². The maximum Gasteiger partial charge on any atom is 0.162 e. The van der Waals surface area contributed by atoms with E-state index in [-0.39, 0.29) is 0 Å². The molecule has 0 unspecified atom stereocenters. The molecule has 0 radical (unpaired) electrons. The number of nitrogens with zero attached hydrogens (tertiary/aromatic N) is 3. The van der Waals surface area contributed by atoms with Crippen LogP contribution in [0.4, 0.5) is 0 Å². The largest absolute Gasteiger partial charge is 0.294 e. The highest BCUT2D eigenvalue weighted by Gasteiger charge is 2.21. The SMILES string of the molecule is c1ccc(-c2ccc(-c3cc(-n4c5ccc(-c6ccccc6)cc5c5cc6c7ccccc7c7cc(-c8ccc9c(c8)sc8ccccc89)ccc7c6cc54)nc(-c4ccc(-c5ccccc5)cc4)n3)cc2)cc1. The molecule has 0 N–H and O–H groups in total. The molecule has 0 aliphatic heterocycles. The van der Waals surface area contributed by atoms with Gasteiger partial charge in [0.05, 0.1) is 16.7 Å². The van der Waals surface area contributed by atoms with Crippen LogP contribution in [0.25, 0.3) is 147 Å². The topological polar surface area (TPSA) is 30.7 Å². The van der Waals surface area contributed by atoms with E-state index < -0.39 is 0 Å². The Labute approximate surface area is 431 Å². The molecule has 3 nitrogen and oxygen atoms in total. The summed E-state index contributed by atoms with van der Waals surface area (Å²) in [4.78, 5) is 10.9. The van der Waals surface area contributed by atoms with Gasteiger partial charge in [-0.25, -0.2) is 9.97 Å². The Hall–Kier alpha value is -9.48. The van der Waals surface area contributed by atoms with Crippen LogP contribution >= 0.6 is 11.3 Å². The van der Waals surface area contributed by atoms with Crippen LogP contribution < -0.4 is 0 Å². The second-order valence-corrected chi connectivity index (χ2v) is 20.4. The second-order valence-electron chi connectivity index (χ2n) is 19.3. The van der Waals surface area contributed by atoms with Crippen LogP contribution in [0.1, 0.15) is 0 Å². The predicted octanol–water partition coefficient (Wildman–Crippen LogP) is 19.4. The predicted molar refractivity (Wildman–Crippen MR) is 314 cm³/mol. The van der Waals surface area contributed by atoms with E-state index in [4.69, 9.17) is 9.97 Å². The van der Waals surface area contributed by atoms with Gasteiger partial charge in [-0.1, -0.05) is 212 Å². The third-order valence-electron chi connectivity index (χ3n) is 15.0. The van der Waals surface area contributed by atoms with Crippen molar-refractivity contribution in [2.75, 3.05) is 0 Å². The van der Waals surface area contributed by atoms with E-state index in [0.717, 1.165) is 44.8 Å². The van der Waals surface area contributed by atoms with E-state index in [1.807, 2.05) is 11.3 Å². The highest BCUT2D eigenvalue weighted by atomic mass is 32.1. The number of hydrogen-bond donors (Lipinski definition) is 0. The minimum atomic E-state index is 0.666. The smallest absolute Gasteiger partial charge is 0.162 e. The Kier molecular flexibility index (Phi) is 9.75. The first-order valence-electron chi connectivity index (χ1n) is 25.2. The fourth-order valence-corrected chi connectivity index (χ4v) is 12.5. The molecule has 0 aliphatic rings. The van der Waals surface area contributed by atoms with Gasteiger partial charge in [-0.05, 0) is 119 Å². The summed E-state index contributed by atoms with van der Waals surface area (Å²) >= 11 is 1.87. The van der Waals surface area contributed by atoms with Gasteiger partial charge in [-0.15, -0.1) is 11.3 Å². The van der Waals surface area contributed by atoms with Gasteiger partial charge in [0.1, 0.15) is 5.82 Å². The molecular weight excluding hydrogens is 915 g/mol. The van der Waals surface area contributed by atoms with Gasteiger partial charge in [0.15, 0.2) is 5.82 Å². The summed E-state index contributed by atoms with van der Waals surface area (Å²) in [6.07, 6.45) is 0. The number of thiophene rings is 1. The van der Waals surface area contributed by atoms with Crippen molar-refractivity contribution in [3.05, 3.63) is 261 Å². The lowest BCUT2D eigenvalue weighted by molar-refractivity contribution is 1.05. The summed E-state index contributed by atoms with van der Waals surface area (Å²) in [6.45, 7) is 0. The first-order chi connectivity index (χ1) is 36.6. The summed E-state index contributed by atoms with van der Waals surface area (Å²) < 4.78 is 5.00. The number of hydrogen-bond acceptors (Lipinski definition) is 3. The molecule has 0 amide bonds. The lowest BCUT2D eigenvalue weighted by atomic mass is 9.91. The first kappa shape index (κ1) is 42.2. The minimum absolute atomic E-state index is 0.666. The summed E-state index contributed by atoms with van der Waals surface area (Å²) in [5.74, 6) is 1.47. The van der Waals surface area contributed by atoms with Gasteiger partial charge < -0.3 is 0 Å². The monoisotopic (exact) mass is 957 g/mol. The van der Waals surface area contributed by atoms with Crippen molar-refractivity contribution < 1.29 is 0 Å². The molecule has 0 saturated heterocycles. The standard InChI is InChI=1S/C70H43N3S/c1-4-14-44(15-5-1)47-24-28-49(29-25-47)64-43-69(72-70(71-64)50-30-26-48(27-31-50)45-16-6-2-7-17-45)73-65-37-34-51(46-18-8-3-9-19-46)39-62(65)63-41-60-55-21-11-10-20-54(55)59-38-52(32-35-56(59)61(60)42-66(63)73)53-33-36-58-57-22-12-13-23-67(57)74-68(58)40-53/h1-43H. The summed E-state index contributed by atoms with van der Waals surface area (Å²) in [6, 6.07) is 94.8. The van der Waals surface area contributed by atoms with Crippen LogP contribution in [0.3, 0.4) is 0 Å². The normalized spacial score (nSPS) is 11.8. The van der Waals surface area contributed by atoms with E-state index in [1.54, 1.807) is 0 Å². The van der Waals surface area contributed by atoms with Crippen LogP contribution in [0.2, 0.25) is 0 Å². The summed E-state index contributed by atoms with van der Waals surface area (Å²) in [7, 11) is 0. The molecule has 0 atom stereocenters. The maximum absolute atomic E-state index is 5.55. The Morgan fingerprint density at radius 3 is 1.35 bits per heavy atom. The Morgan fingerprint density at radius 1 is 0.243 bits per heavy atom. The van der Waals surface area contributed by atoms with Crippen molar-refractivity contribution >= 4 is 85.6 Å². The number of aromatic nitrogens is 3. The summed E-state index contributed by atoms with van der Waals surface area (Å²) in [5.41, 5.74) is 14.4. The molecule has 3 aromatic heterocycles. The average molecular weight is 958 g/mol. The second kappa shape index (κ2) is 17.1. The van der Waals surface area contributed by atoms with Gasteiger partial charge in [0.2, 0.25) is 0 Å². The number of benzene rings is 12. The minimum Gasteiger partial charge on any atom is -0.294 e. The molecule has 0 fully saturated rings. The third-order valence-corrected chi connectivity index (χ3v) is 16.2. The van der Waals surface area contributed by atoms with E-state index in [1.165, 1.54) is 96.6 Å². The van der Waals surface area contributed by atoms with Crippen molar-refractivity contribution in [3.8, 4) is 73.0 Å². The zero-order valence-corrected chi connectivity index (χ0v) is 40.9. The number of rotatable bonds is 7. The van der Waals surface area contributed by atoms with Crippen LogP contribution in [0.5, 0.6) is 0 Å². The average Bonchev–Trinajstić information content (AvgIpc) is 4.02. The molecule has 344 valence electrons. The van der Waals surface area contributed by atoms with E-state index in [0.29, 0.717) is 5.82 Å². The Morgan fingerprint density at radius 2 is 0.676 bits per heavy atom. The molecule has 15 aromatic rings. The van der Waals surface area contributed by atoms with Crippen LogP contribution in [0, 0.1) is 0 Å². The lowest BCUT2D eigenvalue weighted by Crippen LogP contribution is -2.02. The summed E-state index contributed by atoms with van der Waals surface area (Å²) in [5, 5.41) is 12.3. The Balaban J connectivity index is 0.973. The fraction of sp³-hybridized carbons (Fsp3) is 0. The molecule has 0 bridgehead atoms. The zero-order chi connectivity index (χ0) is 48.7. The van der Waals surface area contributed by atoms with Crippen molar-refractivity contribution in [3.63, 3.8) is 0 Å². The number of fused-ring (bicyclic) bond motifs is 12. The third kappa shape index (κ3) is 7.03. The lowest BCUT2D eigenvalue weighted by Gasteiger charge is -2.15. The first-order valence-corrected chi connectivity index (χ1v) is 26.0. The van der Waals surface area contributed by atoms with E-state index in [2.05, 4.69) is 265 Å². The molecule has 74 heavy (non-hydrogen) atoms. The van der Waals surface area contributed by atoms with Gasteiger partial charge in [0, 0.05) is 48.1 Å². The van der Waals surface area contributed by atoms with Gasteiger partial charge in [0.25, 0.3) is 0 Å². The molecule has 12 aromatic carbocycles. The Bertz CT molecular complexity index is 4570. The molecule has 0 aliphatic carbocycles. The van der Waals surface area contributed by atoms with Gasteiger partial charge in [-0.2, -0.15) is 0 Å². The van der Waals surface area contributed by atoms with Gasteiger partial charge in [-0.3, -0.25) is 4.57 Å². The highest BCUT2D eigenvalue weighted by molar-refractivity contribution is 7.25. The molecule has 3 heterocycles. The quantitative estimate of drug-likeness (QED) is 0.149. The van der Waals surface area contributed by atoms with Crippen molar-refractivity contribution in [1.82, 2.24) is 14.5 Å². The van der Waals surface area contributed by atoms with Crippen LogP contribution in [-0.2, 0) is 0 Å².